The molecule has 4 bridgehead atoms. The van der Waals surface area contributed by atoms with Crippen LogP contribution in [-0.4, -0.2) is 97.7 Å². The number of nitrogens with two attached hydrogens (primary N) is 1. The average Bonchev–Trinajstić information content (AvgIpc) is 1.57. The van der Waals surface area contributed by atoms with E-state index < -0.39 is 102 Å². The van der Waals surface area contributed by atoms with Crippen LogP contribution in [0.2, 0.25) is 0 Å². The summed E-state index contributed by atoms with van der Waals surface area (Å²) in [5.41, 5.74) is 14.1. The smallest absolute Gasteiger partial charge is 0.345 e. The van der Waals surface area contributed by atoms with Crippen molar-refractivity contribution >= 4 is 29.0 Å². The van der Waals surface area contributed by atoms with Crippen molar-refractivity contribution in [3.63, 3.8) is 0 Å². The number of halogens is 14. The van der Waals surface area contributed by atoms with Crippen molar-refractivity contribution < 1.29 is 119 Å². The summed E-state index contributed by atoms with van der Waals surface area (Å²) in [6, 6.07) is 24.0. The fourth-order valence-electron chi connectivity index (χ4n) is 15.4. The minimum Gasteiger partial charge on any atom is -0.474 e. The third-order valence-electron chi connectivity index (χ3n) is 21.2. The Hall–Kier alpha value is -11.7. The number of benzene rings is 5. The summed E-state index contributed by atoms with van der Waals surface area (Å²) in [5, 5.41) is 0. The van der Waals surface area contributed by atoms with Gasteiger partial charge in [-0.15, -0.1) is 0 Å². The van der Waals surface area contributed by atoms with Gasteiger partial charge in [0.1, 0.15) is 111 Å². The van der Waals surface area contributed by atoms with E-state index in [1.807, 2.05) is 6.92 Å². The number of rotatable bonds is 16. The van der Waals surface area contributed by atoms with Crippen LogP contribution in [0.25, 0.3) is 55.6 Å². The molecule has 2 fully saturated rings. The molecule has 0 saturated carbocycles. The van der Waals surface area contributed by atoms with Gasteiger partial charge in [-0.1, -0.05) is 0 Å². The number of pyridine rings is 5. The van der Waals surface area contributed by atoms with E-state index in [-0.39, 0.29) is 122 Å². The molecule has 0 unspecified atom stereocenters. The van der Waals surface area contributed by atoms with E-state index in [0.717, 1.165) is 97.0 Å². The zero-order valence-electron chi connectivity index (χ0n) is 65.0. The molecule has 18 nitrogen and oxygen atoms in total. The summed E-state index contributed by atoms with van der Waals surface area (Å²) in [4.78, 5) is 79.7. The predicted octanol–water partition coefficient (Wildman–Crippen LogP) is 20.2. The zero-order chi connectivity index (χ0) is 86.1. The molecule has 1 amide bonds. The fraction of sp³-hybridized carbons (Fsp3) is 0.318. The molecular formula is C88H74F14N6O12. The van der Waals surface area contributed by atoms with E-state index in [4.69, 9.17) is 29.4 Å². The Bertz CT molecular complexity index is 5430. The molecule has 5 aromatic carbocycles. The standard InChI is InChI=1S/2C19H17F4NO3.C17H13F2NO2.C17H15F2NO2.C16H12F2N2O2/c2*1-9(25)16-8-14(12-4-3-11(20)7-15(12)21)13-5-6-17(27-18(13)24-16)10(2)26-19(22)23;1-8(21)13-7-11(10-3-2-9(18)6-12(10)19)16-14-4-5-15(22-14)17(16)20-13;1-9-3-5-13-14(12-6-4-11(18)7-15(12)19)8-16(10(2)21)20-17(13)22-9;17-7-1-2-8(10(18)5-7)9-6-11(16(19)21)20-15-13-4-3-12(22-13)14(9)15/h2*3-4,7-8,10,17,19H,5-6H2,1-2H3;2-3,6-7,14-15H,4-5H2,1H3;4,6-9H,3,5H2,1-2H3;1-2,5-6,12-13H,3-4H2,(H2,19,21)/t10-,17+;10-,17-;14-,15+;9-;12-,13+/m10100/s1. The third kappa shape index (κ3) is 18.8. The van der Waals surface area contributed by atoms with Crippen molar-refractivity contribution in [1.29, 1.82) is 0 Å². The summed E-state index contributed by atoms with van der Waals surface area (Å²) >= 11 is 0. The van der Waals surface area contributed by atoms with Crippen molar-refractivity contribution in [2.24, 2.45) is 5.73 Å². The van der Waals surface area contributed by atoms with E-state index in [9.17, 15) is 85.4 Å². The van der Waals surface area contributed by atoms with Gasteiger partial charge in [0.05, 0.1) is 41.9 Å². The molecule has 0 aliphatic carbocycles. The lowest BCUT2D eigenvalue weighted by Gasteiger charge is -2.30. The average molecular weight is 1670 g/mol. The van der Waals surface area contributed by atoms with Gasteiger partial charge in [0.25, 0.3) is 5.91 Å². The molecule has 626 valence electrons. The van der Waals surface area contributed by atoms with Crippen LogP contribution in [0.1, 0.15) is 209 Å². The lowest BCUT2D eigenvalue weighted by Crippen LogP contribution is -2.36. The first kappa shape index (κ1) is 86.1. The monoisotopic (exact) mass is 1670 g/mol. The van der Waals surface area contributed by atoms with Gasteiger partial charge in [-0.2, -0.15) is 17.6 Å². The van der Waals surface area contributed by atoms with E-state index >= 15 is 0 Å². The van der Waals surface area contributed by atoms with Crippen LogP contribution >= 0.6 is 0 Å². The zero-order valence-corrected chi connectivity index (χ0v) is 65.0. The quantitative estimate of drug-likeness (QED) is 0.0698. The van der Waals surface area contributed by atoms with Gasteiger partial charge < -0.3 is 38.9 Å². The molecule has 7 aliphatic heterocycles. The Labute approximate surface area is 676 Å². The maximum Gasteiger partial charge on any atom is 0.345 e. The number of alkyl halides is 4. The van der Waals surface area contributed by atoms with Gasteiger partial charge in [0, 0.05) is 114 Å². The van der Waals surface area contributed by atoms with Gasteiger partial charge in [0.15, 0.2) is 23.1 Å². The predicted molar refractivity (Wildman–Crippen MR) is 405 cm³/mol. The Morgan fingerprint density at radius 3 is 0.942 bits per heavy atom. The molecule has 7 aliphatic rings. The molecule has 2 N–H and O–H groups in total. The normalized spacial score (nSPS) is 18.9. The molecule has 10 aromatic rings. The van der Waals surface area contributed by atoms with E-state index in [0.29, 0.717) is 82.6 Å². The number of aromatic nitrogens is 5. The summed E-state index contributed by atoms with van der Waals surface area (Å²) in [5.74, 6) is -8.26. The van der Waals surface area contributed by atoms with Gasteiger partial charge in [0.2, 0.25) is 17.6 Å². The Balaban J connectivity index is 0.000000130. The fourth-order valence-corrected chi connectivity index (χ4v) is 15.4. The van der Waals surface area contributed by atoms with Crippen LogP contribution < -0.4 is 19.9 Å². The molecule has 17 rings (SSSR count). The molecule has 12 heterocycles. The van der Waals surface area contributed by atoms with Crippen molar-refractivity contribution in [3.05, 3.63) is 247 Å². The van der Waals surface area contributed by atoms with Crippen LogP contribution in [0.4, 0.5) is 61.5 Å². The molecular weight excluding hydrogens is 1600 g/mol. The van der Waals surface area contributed by atoms with E-state index in [2.05, 4.69) is 34.4 Å². The van der Waals surface area contributed by atoms with Crippen LogP contribution in [0, 0.1) is 58.2 Å². The van der Waals surface area contributed by atoms with Crippen LogP contribution in [0.3, 0.4) is 0 Å². The lowest BCUT2D eigenvalue weighted by molar-refractivity contribution is -0.180. The van der Waals surface area contributed by atoms with Gasteiger partial charge in [-0.05, 0) is 204 Å². The Morgan fingerprint density at radius 1 is 0.358 bits per heavy atom. The van der Waals surface area contributed by atoms with E-state index in [1.165, 1.54) is 108 Å². The minimum atomic E-state index is -2.94. The SMILES string of the molecule is CC(=O)c1cc(-c2ccc(F)cc2F)c2c(n1)O[C@@H](C)CC2.CC(=O)c1cc(-c2ccc(F)cc2F)c2c(n1)O[C@H]([C@@H](C)OC(F)F)CC2.CC(=O)c1cc(-c2ccc(F)cc2F)c2c(n1)O[C@H]([C@H](C)OC(F)F)CC2.CC(=O)c1cc(-c2ccc(F)cc2F)c2c(n1)[C@@H]1CC[C@H]2O1.NC(=O)c1cc(-c2ccc(F)cc2F)c2c(n1)[C@H]1CC[C@@H]2O1. The maximum absolute atomic E-state index is 14.3. The number of primary amides is 1. The molecule has 120 heavy (non-hydrogen) atoms. The highest BCUT2D eigenvalue weighted by molar-refractivity contribution is 5.97. The van der Waals surface area contributed by atoms with Crippen molar-refractivity contribution in [3.8, 4) is 73.3 Å². The molecule has 32 heteroatoms. The highest BCUT2D eigenvalue weighted by Crippen LogP contribution is 2.55. The molecule has 2 saturated heterocycles. The highest BCUT2D eigenvalue weighted by Gasteiger charge is 2.44. The number of Topliss-reactive ketones (excluding diaryl/α,β-unsaturated/α-hetero) is 4. The number of carbonyl (C=O) groups is 5. The maximum atomic E-state index is 14.3. The number of amides is 1. The van der Waals surface area contributed by atoms with Gasteiger partial charge in [-0.3, -0.25) is 24.0 Å². The summed E-state index contributed by atoms with van der Waals surface area (Å²) in [6.07, 6.45) is 2.46. The number of ether oxygens (including phenoxy) is 7. The molecule has 0 spiro atoms. The van der Waals surface area contributed by atoms with Gasteiger partial charge in [-0.25, -0.2) is 68.8 Å². The first-order valence-corrected chi connectivity index (χ1v) is 38.1. The summed E-state index contributed by atoms with van der Waals surface area (Å²) in [6.45, 7) is 4.36. The number of hydrogen-bond donors (Lipinski definition) is 1. The van der Waals surface area contributed by atoms with Gasteiger partial charge >= 0.3 is 13.2 Å². The molecule has 5 aromatic heterocycles. The summed E-state index contributed by atoms with van der Waals surface area (Å²) < 4.78 is 224. The topological polar surface area (TPSA) is 240 Å². The Kier molecular flexibility index (Phi) is 25.9. The molecule has 9 atom stereocenters. The summed E-state index contributed by atoms with van der Waals surface area (Å²) in [7, 11) is 0. The van der Waals surface area contributed by atoms with E-state index in [1.54, 1.807) is 12.1 Å². The third-order valence-corrected chi connectivity index (χ3v) is 21.2. The Morgan fingerprint density at radius 2 is 0.633 bits per heavy atom. The number of carbonyl (C=O) groups excluding carboxylic acids is 5. The van der Waals surface area contributed by atoms with Crippen LogP contribution in [0.15, 0.2) is 121 Å². The first-order chi connectivity index (χ1) is 57.0. The second kappa shape index (κ2) is 36.1. The van der Waals surface area contributed by atoms with Crippen LogP contribution in [-0.2, 0) is 38.2 Å². The number of nitrogens with zero attached hydrogens (tertiary/aromatic N) is 5. The van der Waals surface area contributed by atoms with Crippen LogP contribution in [0.5, 0.6) is 17.6 Å². The van der Waals surface area contributed by atoms with Crippen molar-refractivity contribution in [1.82, 2.24) is 24.9 Å². The molecule has 0 radical (unpaired) electrons. The second-order valence-electron chi connectivity index (χ2n) is 29.4. The largest absolute Gasteiger partial charge is 0.474 e. The first-order valence-electron chi connectivity index (χ1n) is 38.1. The minimum absolute atomic E-state index is 0.00637. The van der Waals surface area contributed by atoms with Crippen molar-refractivity contribution in [2.45, 2.75) is 181 Å². The number of ketones is 4. The van der Waals surface area contributed by atoms with Crippen molar-refractivity contribution in [2.75, 3.05) is 0 Å². The lowest BCUT2D eigenvalue weighted by atomic mass is 9.88. The number of hydrogen-bond acceptors (Lipinski definition) is 17. The number of fused-ring (bicyclic) bond motifs is 13. The second-order valence-corrected chi connectivity index (χ2v) is 29.4. The highest BCUT2D eigenvalue weighted by atomic mass is 19.3.